The van der Waals surface area contributed by atoms with Gasteiger partial charge in [-0.15, -0.1) is 0 Å². The van der Waals surface area contributed by atoms with Gasteiger partial charge in [-0.25, -0.2) is 0 Å². The van der Waals surface area contributed by atoms with E-state index in [0.29, 0.717) is 0 Å². The predicted molar refractivity (Wildman–Crippen MR) is 309 cm³/mol. The van der Waals surface area contributed by atoms with E-state index in [4.69, 9.17) is 0 Å². The molecule has 14 aromatic rings. The fraction of sp³-hybridized carbons (Fsp3) is 0. The highest BCUT2D eigenvalue weighted by Crippen LogP contribution is 2.43. The number of para-hydroxylation sites is 4. The molecule has 0 spiro atoms. The molecule has 0 unspecified atom stereocenters. The molecule has 0 aliphatic rings. The van der Waals surface area contributed by atoms with E-state index in [0.717, 1.165) is 34.0 Å². The number of rotatable bonds is 9. The summed E-state index contributed by atoms with van der Waals surface area (Å²) in [5.41, 5.74) is 19.8. The summed E-state index contributed by atoms with van der Waals surface area (Å²) in [7, 11) is 0. The molecule has 0 atom stereocenters. The summed E-state index contributed by atoms with van der Waals surface area (Å²) in [6.07, 6.45) is 0. The largest absolute Gasteiger partial charge is 0.311 e. The van der Waals surface area contributed by atoms with Crippen molar-refractivity contribution >= 4 is 71.4 Å². The molecule has 2 aromatic heterocycles. The molecular weight excluding hydrogens is 883 g/mol. The summed E-state index contributed by atoms with van der Waals surface area (Å²) in [5, 5.41) is 7.47. The van der Waals surface area contributed by atoms with Crippen LogP contribution in [0.4, 0.5) is 17.1 Å². The molecule has 0 amide bonds. The molecule has 0 bridgehead atoms. The molecule has 3 heteroatoms. The Balaban J connectivity index is 0.894. The third-order valence-corrected chi connectivity index (χ3v) is 14.7. The average molecular weight is 930 g/mol. The Kier molecular flexibility index (Phi) is 10.2. The van der Waals surface area contributed by atoms with Crippen LogP contribution < -0.4 is 4.90 Å². The van der Waals surface area contributed by atoms with Crippen molar-refractivity contribution in [2.75, 3.05) is 4.90 Å². The molecule has 14 rings (SSSR count). The first kappa shape index (κ1) is 42.2. The van der Waals surface area contributed by atoms with E-state index in [1.165, 1.54) is 93.3 Å². The smallest absolute Gasteiger partial charge is 0.0547 e. The molecule has 73 heavy (non-hydrogen) atoms. The molecule has 0 radical (unpaired) electrons. The molecule has 3 nitrogen and oxygen atoms in total. The predicted octanol–water partition coefficient (Wildman–Crippen LogP) is 19.2. The lowest BCUT2D eigenvalue weighted by atomic mass is 9.91. The fourth-order valence-corrected chi connectivity index (χ4v) is 11.4. The Bertz CT molecular complexity index is 4280. The zero-order valence-corrected chi connectivity index (χ0v) is 40.0. The molecule has 0 saturated heterocycles. The quantitative estimate of drug-likeness (QED) is 0.141. The van der Waals surface area contributed by atoms with Gasteiger partial charge in [0.15, 0.2) is 0 Å². The molecule has 2 heterocycles. The zero-order chi connectivity index (χ0) is 48.2. The number of anilines is 3. The van der Waals surface area contributed by atoms with Crippen molar-refractivity contribution < 1.29 is 0 Å². The summed E-state index contributed by atoms with van der Waals surface area (Å²) in [6.45, 7) is 0. The van der Waals surface area contributed by atoms with Crippen molar-refractivity contribution in [3.05, 3.63) is 285 Å². The van der Waals surface area contributed by atoms with E-state index in [1.807, 2.05) is 0 Å². The summed E-state index contributed by atoms with van der Waals surface area (Å²) in [4.78, 5) is 2.38. The van der Waals surface area contributed by atoms with Crippen molar-refractivity contribution in [2.45, 2.75) is 0 Å². The number of nitrogens with zero attached hydrogens (tertiary/aromatic N) is 3. The Morgan fingerprint density at radius 1 is 0.247 bits per heavy atom. The molecule has 12 aromatic carbocycles. The second-order valence-corrected chi connectivity index (χ2v) is 18.9. The van der Waals surface area contributed by atoms with Crippen LogP contribution in [-0.2, 0) is 0 Å². The van der Waals surface area contributed by atoms with Gasteiger partial charge in [-0.2, -0.15) is 0 Å². The van der Waals surface area contributed by atoms with Crippen LogP contribution in [0, 0.1) is 0 Å². The molecule has 0 fully saturated rings. The SMILES string of the molecule is c1ccc(-c2ccc3c4ccccc4n(-c4ccc(N(c5ccc(-c6ccccc6-n6c7ccccc7c7ccccc76)cc5)c5ccc(-c6cccc7cccc(-c8ccccc8)c67)cc5)cc4)c3c2)cc1. The van der Waals surface area contributed by atoms with Gasteiger partial charge in [0, 0.05) is 49.9 Å². The van der Waals surface area contributed by atoms with E-state index >= 15 is 0 Å². The minimum absolute atomic E-state index is 1.07. The van der Waals surface area contributed by atoms with Crippen LogP contribution in [-0.4, -0.2) is 9.13 Å². The van der Waals surface area contributed by atoms with Crippen molar-refractivity contribution in [1.29, 1.82) is 0 Å². The average Bonchev–Trinajstić information content (AvgIpc) is 3.98. The van der Waals surface area contributed by atoms with E-state index in [-0.39, 0.29) is 0 Å². The number of hydrogen-bond acceptors (Lipinski definition) is 1. The van der Waals surface area contributed by atoms with Crippen molar-refractivity contribution in [3.8, 4) is 55.9 Å². The Morgan fingerprint density at radius 3 is 1.23 bits per heavy atom. The van der Waals surface area contributed by atoms with E-state index in [9.17, 15) is 0 Å². The van der Waals surface area contributed by atoms with E-state index in [2.05, 4.69) is 299 Å². The minimum Gasteiger partial charge on any atom is -0.311 e. The van der Waals surface area contributed by atoms with Crippen molar-refractivity contribution in [1.82, 2.24) is 9.13 Å². The standard InChI is InChI=1S/C70H47N3/c1-3-17-48(18-4-1)53-37-46-64-63-26-8-12-30-66(63)72(69(64)47-53)57-44-42-56(43-45-57)71(55-40-35-51(36-41-55)60-28-16-22-52-21-15-27-59(70(52)60)49-19-5-2-6-20-49)54-38-33-50(34-39-54)58-23-7-11-29-65(58)73-67-31-13-9-24-61(67)62-25-10-14-32-68(62)73/h1-47H. The second-order valence-electron chi connectivity index (χ2n) is 18.9. The Hall–Kier alpha value is -9.70. The van der Waals surface area contributed by atoms with Crippen LogP contribution in [0.1, 0.15) is 0 Å². The molecule has 342 valence electrons. The second kappa shape index (κ2) is 17.6. The van der Waals surface area contributed by atoms with E-state index < -0.39 is 0 Å². The first-order chi connectivity index (χ1) is 36.2. The maximum Gasteiger partial charge on any atom is 0.0547 e. The zero-order valence-electron chi connectivity index (χ0n) is 40.0. The first-order valence-corrected chi connectivity index (χ1v) is 25.1. The van der Waals surface area contributed by atoms with E-state index in [1.54, 1.807) is 0 Å². The van der Waals surface area contributed by atoms with Crippen LogP contribution in [0.3, 0.4) is 0 Å². The normalized spacial score (nSPS) is 11.6. The molecule has 0 aliphatic heterocycles. The lowest BCUT2D eigenvalue weighted by Crippen LogP contribution is -2.10. The summed E-state index contributed by atoms with van der Waals surface area (Å²) in [5.74, 6) is 0. The molecule has 0 aliphatic carbocycles. The maximum atomic E-state index is 2.42. The lowest BCUT2D eigenvalue weighted by Gasteiger charge is -2.26. The van der Waals surface area contributed by atoms with Gasteiger partial charge in [0.05, 0.1) is 27.8 Å². The Labute approximate surface area is 424 Å². The van der Waals surface area contributed by atoms with Gasteiger partial charge in [0.2, 0.25) is 0 Å². The van der Waals surface area contributed by atoms with Gasteiger partial charge in [-0.05, 0) is 129 Å². The van der Waals surface area contributed by atoms with Crippen LogP contribution in [0.2, 0.25) is 0 Å². The number of fused-ring (bicyclic) bond motifs is 7. The summed E-state index contributed by atoms with van der Waals surface area (Å²) in [6, 6.07) is 104. The minimum atomic E-state index is 1.07. The monoisotopic (exact) mass is 929 g/mol. The van der Waals surface area contributed by atoms with Gasteiger partial charge in [-0.3, -0.25) is 0 Å². The highest BCUT2D eigenvalue weighted by atomic mass is 15.1. The van der Waals surface area contributed by atoms with Crippen LogP contribution in [0.15, 0.2) is 285 Å². The van der Waals surface area contributed by atoms with Gasteiger partial charge < -0.3 is 14.0 Å². The first-order valence-electron chi connectivity index (χ1n) is 25.1. The van der Waals surface area contributed by atoms with Crippen molar-refractivity contribution in [2.24, 2.45) is 0 Å². The van der Waals surface area contributed by atoms with Gasteiger partial charge in [0.1, 0.15) is 0 Å². The summed E-state index contributed by atoms with van der Waals surface area (Å²) >= 11 is 0. The van der Waals surface area contributed by atoms with Gasteiger partial charge in [0.25, 0.3) is 0 Å². The fourth-order valence-electron chi connectivity index (χ4n) is 11.4. The maximum absolute atomic E-state index is 2.42. The lowest BCUT2D eigenvalue weighted by molar-refractivity contribution is 1.17. The van der Waals surface area contributed by atoms with Crippen LogP contribution in [0.5, 0.6) is 0 Å². The van der Waals surface area contributed by atoms with Gasteiger partial charge >= 0.3 is 0 Å². The topological polar surface area (TPSA) is 13.1 Å². The van der Waals surface area contributed by atoms with Crippen LogP contribution >= 0.6 is 0 Å². The summed E-state index contributed by atoms with van der Waals surface area (Å²) < 4.78 is 4.83. The number of benzene rings is 12. The highest BCUT2D eigenvalue weighted by molar-refractivity contribution is 6.11. The Morgan fingerprint density at radius 2 is 0.658 bits per heavy atom. The van der Waals surface area contributed by atoms with Crippen molar-refractivity contribution in [3.63, 3.8) is 0 Å². The molecular formula is C70H47N3. The molecule has 0 N–H and O–H groups in total. The molecule has 0 saturated carbocycles. The van der Waals surface area contributed by atoms with Gasteiger partial charge in [-0.1, -0.05) is 206 Å². The number of hydrogen-bond donors (Lipinski definition) is 0. The number of aromatic nitrogens is 2. The third kappa shape index (κ3) is 7.21. The van der Waals surface area contributed by atoms with Crippen LogP contribution in [0.25, 0.3) is 110 Å². The third-order valence-electron chi connectivity index (χ3n) is 14.7. The highest BCUT2D eigenvalue weighted by Gasteiger charge is 2.20.